The van der Waals surface area contributed by atoms with Crippen molar-refractivity contribution in [1.82, 2.24) is 0 Å². The van der Waals surface area contributed by atoms with Crippen molar-refractivity contribution in [3.63, 3.8) is 0 Å². The maximum atomic E-state index is 12.9. The molecular formula is C67H118O6. The maximum absolute atomic E-state index is 12.9. The van der Waals surface area contributed by atoms with Gasteiger partial charge in [0.1, 0.15) is 13.2 Å². The summed E-state index contributed by atoms with van der Waals surface area (Å²) in [4.78, 5) is 38.3. The largest absolute Gasteiger partial charge is 0.462 e. The van der Waals surface area contributed by atoms with Crippen LogP contribution in [0.2, 0.25) is 0 Å². The highest BCUT2D eigenvalue weighted by Crippen LogP contribution is 2.16. The number of hydrogen-bond donors (Lipinski definition) is 0. The number of allylic oxidation sites excluding steroid dienone is 12. The molecule has 0 aromatic heterocycles. The van der Waals surface area contributed by atoms with E-state index in [2.05, 4.69) is 93.7 Å². The smallest absolute Gasteiger partial charge is 0.306 e. The lowest BCUT2D eigenvalue weighted by Gasteiger charge is -2.18. The van der Waals surface area contributed by atoms with E-state index >= 15 is 0 Å². The van der Waals surface area contributed by atoms with E-state index in [1.807, 2.05) is 0 Å². The zero-order chi connectivity index (χ0) is 52.9. The van der Waals surface area contributed by atoms with Crippen LogP contribution >= 0.6 is 0 Å². The summed E-state index contributed by atoms with van der Waals surface area (Å²) in [6, 6.07) is 0. The average Bonchev–Trinajstić information content (AvgIpc) is 3.39. The molecule has 422 valence electrons. The Labute approximate surface area is 453 Å². The van der Waals surface area contributed by atoms with Crippen LogP contribution in [0.15, 0.2) is 72.9 Å². The SMILES string of the molecule is CCCCC/C=C\C/C=C\C/C=C\CCCCCCC(=O)OC[C@@H](COC(=O)CCCCCCCCCCC/C=C\C/C=C\CCCCC)OC(=O)CCCCCCCCCCC/C=C\CCCCCCCC. The lowest BCUT2D eigenvalue weighted by molar-refractivity contribution is -0.167. The van der Waals surface area contributed by atoms with Gasteiger partial charge in [0.15, 0.2) is 6.10 Å². The summed E-state index contributed by atoms with van der Waals surface area (Å²) >= 11 is 0. The second-order valence-corrected chi connectivity index (χ2v) is 21.0. The van der Waals surface area contributed by atoms with Gasteiger partial charge in [-0.15, -0.1) is 0 Å². The zero-order valence-corrected chi connectivity index (χ0v) is 48.4. The van der Waals surface area contributed by atoms with Crippen LogP contribution in [0.4, 0.5) is 0 Å². The minimum atomic E-state index is -0.789. The van der Waals surface area contributed by atoms with Gasteiger partial charge in [0.25, 0.3) is 0 Å². The van der Waals surface area contributed by atoms with Gasteiger partial charge < -0.3 is 14.2 Å². The number of unbranched alkanes of at least 4 members (excludes halogenated alkanes) is 34. The zero-order valence-electron chi connectivity index (χ0n) is 48.4. The van der Waals surface area contributed by atoms with E-state index in [0.29, 0.717) is 19.3 Å². The maximum Gasteiger partial charge on any atom is 0.306 e. The van der Waals surface area contributed by atoms with Crippen LogP contribution in [0.25, 0.3) is 0 Å². The lowest BCUT2D eigenvalue weighted by Crippen LogP contribution is -2.30. The molecule has 6 heteroatoms. The fourth-order valence-electron chi connectivity index (χ4n) is 8.89. The second kappa shape index (κ2) is 61.4. The molecule has 0 aliphatic carbocycles. The van der Waals surface area contributed by atoms with Crippen molar-refractivity contribution < 1.29 is 28.6 Å². The van der Waals surface area contributed by atoms with Crippen LogP contribution in [0.1, 0.15) is 316 Å². The van der Waals surface area contributed by atoms with Gasteiger partial charge in [-0.25, -0.2) is 0 Å². The fraction of sp³-hybridized carbons (Fsp3) is 0.776. The van der Waals surface area contributed by atoms with Crippen molar-refractivity contribution >= 4 is 17.9 Å². The molecule has 0 bridgehead atoms. The van der Waals surface area contributed by atoms with E-state index in [9.17, 15) is 14.4 Å². The van der Waals surface area contributed by atoms with Crippen molar-refractivity contribution in [2.45, 2.75) is 322 Å². The third-order valence-electron chi connectivity index (χ3n) is 13.7. The highest BCUT2D eigenvalue weighted by Gasteiger charge is 2.19. The topological polar surface area (TPSA) is 78.9 Å². The lowest BCUT2D eigenvalue weighted by atomic mass is 10.1. The number of esters is 3. The normalized spacial score (nSPS) is 12.5. The van der Waals surface area contributed by atoms with Crippen molar-refractivity contribution in [3.05, 3.63) is 72.9 Å². The molecule has 0 amide bonds. The standard InChI is InChI=1S/C67H118O6/c1-4-7-10-13-16-19-22-25-28-31-33-36-39-42-45-48-51-54-57-60-66(69)72-63-64(62-71-65(68)59-56-53-50-47-44-41-38-35-30-27-24-21-18-15-12-9-6-3)73-67(70)61-58-55-52-49-46-43-40-37-34-32-29-26-23-20-17-14-11-8-5-2/h16,18-19,21,25-30,38,41,64H,4-15,17,20,22-24,31-37,39-40,42-63H2,1-3H3/b19-16-,21-18-,28-25-,29-26-,30-27-,41-38-/t64-/m0/s1. The van der Waals surface area contributed by atoms with Gasteiger partial charge in [-0.3, -0.25) is 14.4 Å². The summed E-state index contributed by atoms with van der Waals surface area (Å²) in [5, 5.41) is 0. The van der Waals surface area contributed by atoms with Crippen molar-refractivity contribution in [1.29, 1.82) is 0 Å². The van der Waals surface area contributed by atoms with E-state index in [1.54, 1.807) is 0 Å². The first-order valence-electron chi connectivity index (χ1n) is 31.4. The summed E-state index contributed by atoms with van der Waals surface area (Å²) in [5.74, 6) is -0.899. The first-order valence-corrected chi connectivity index (χ1v) is 31.4. The number of hydrogen-bond acceptors (Lipinski definition) is 6. The minimum absolute atomic E-state index is 0.0845. The molecule has 1 atom stereocenters. The molecule has 0 unspecified atom stereocenters. The number of ether oxygens (including phenoxy) is 3. The molecule has 0 spiro atoms. The van der Waals surface area contributed by atoms with E-state index in [1.165, 1.54) is 186 Å². The van der Waals surface area contributed by atoms with Crippen molar-refractivity contribution in [3.8, 4) is 0 Å². The summed E-state index contributed by atoms with van der Waals surface area (Å²) in [6.07, 6.45) is 78.9. The number of rotatable bonds is 57. The van der Waals surface area contributed by atoms with Gasteiger partial charge in [0.05, 0.1) is 0 Å². The van der Waals surface area contributed by atoms with Crippen LogP contribution in [0.3, 0.4) is 0 Å². The Morgan fingerprint density at radius 2 is 0.493 bits per heavy atom. The van der Waals surface area contributed by atoms with E-state index < -0.39 is 6.10 Å². The van der Waals surface area contributed by atoms with Gasteiger partial charge in [0, 0.05) is 19.3 Å². The molecule has 0 saturated carbocycles. The van der Waals surface area contributed by atoms with Crippen LogP contribution in [-0.2, 0) is 28.6 Å². The highest BCUT2D eigenvalue weighted by molar-refractivity contribution is 5.71. The Bertz CT molecular complexity index is 1360. The number of carbonyl (C=O) groups is 3. The van der Waals surface area contributed by atoms with Gasteiger partial charge in [-0.05, 0) is 116 Å². The summed E-state index contributed by atoms with van der Waals surface area (Å²) in [5.41, 5.74) is 0. The second-order valence-electron chi connectivity index (χ2n) is 21.0. The van der Waals surface area contributed by atoms with E-state index in [-0.39, 0.29) is 31.1 Å². The summed E-state index contributed by atoms with van der Waals surface area (Å²) in [6.45, 7) is 6.59. The molecule has 0 aliphatic heterocycles. The minimum Gasteiger partial charge on any atom is -0.462 e. The van der Waals surface area contributed by atoms with Gasteiger partial charge in [-0.2, -0.15) is 0 Å². The Morgan fingerprint density at radius 3 is 0.808 bits per heavy atom. The molecule has 6 nitrogen and oxygen atoms in total. The van der Waals surface area contributed by atoms with Crippen LogP contribution in [-0.4, -0.2) is 37.2 Å². The van der Waals surface area contributed by atoms with Crippen LogP contribution in [0.5, 0.6) is 0 Å². The molecule has 0 radical (unpaired) electrons. The predicted molar refractivity (Wildman–Crippen MR) is 316 cm³/mol. The Balaban J connectivity index is 4.41. The quantitative estimate of drug-likeness (QED) is 0.0261. The molecule has 0 aromatic rings. The molecule has 0 N–H and O–H groups in total. The predicted octanol–water partition coefficient (Wildman–Crippen LogP) is 21.3. The molecule has 0 saturated heterocycles. The van der Waals surface area contributed by atoms with Gasteiger partial charge in [-0.1, -0.05) is 254 Å². The molecule has 0 fully saturated rings. The highest BCUT2D eigenvalue weighted by atomic mass is 16.6. The Hall–Kier alpha value is -3.15. The molecule has 0 rings (SSSR count). The van der Waals surface area contributed by atoms with Crippen molar-refractivity contribution in [2.75, 3.05) is 13.2 Å². The number of carbonyl (C=O) groups excluding carboxylic acids is 3. The van der Waals surface area contributed by atoms with Gasteiger partial charge >= 0.3 is 17.9 Å². The van der Waals surface area contributed by atoms with E-state index in [0.717, 1.165) is 89.9 Å². The molecule has 73 heavy (non-hydrogen) atoms. The molecule has 0 aliphatic rings. The molecule has 0 heterocycles. The first kappa shape index (κ1) is 69.8. The third kappa shape index (κ3) is 59.6. The van der Waals surface area contributed by atoms with Gasteiger partial charge in [0.2, 0.25) is 0 Å². The third-order valence-corrected chi connectivity index (χ3v) is 13.7. The molecule has 0 aromatic carbocycles. The fourth-order valence-corrected chi connectivity index (χ4v) is 8.89. The Kier molecular flexibility index (Phi) is 58.7. The average molecular weight is 1020 g/mol. The van der Waals surface area contributed by atoms with E-state index in [4.69, 9.17) is 14.2 Å². The van der Waals surface area contributed by atoms with Crippen LogP contribution in [0, 0.1) is 0 Å². The van der Waals surface area contributed by atoms with Crippen molar-refractivity contribution in [2.24, 2.45) is 0 Å². The summed E-state index contributed by atoms with van der Waals surface area (Å²) < 4.78 is 16.9. The first-order chi connectivity index (χ1) is 36.0. The molecular weight excluding hydrogens is 901 g/mol. The van der Waals surface area contributed by atoms with Crippen LogP contribution < -0.4 is 0 Å². The monoisotopic (exact) mass is 1020 g/mol. The summed E-state index contributed by atoms with van der Waals surface area (Å²) in [7, 11) is 0. The Morgan fingerprint density at radius 1 is 0.274 bits per heavy atom.